The highest BCUT2D eigenvalue weighted by atomic mass is 19.3. The number of alkyl halides is 2. The standard InChI is InChI=1S/C18H16F3N7O/c1-11-22-6-7-27(11)16-4-5-23-18(24-16)29-10-12-9-28(26-25-12)13-2-3-15(19)14(8-13)17(20)21/h2-9,17,25-26H,10H2,1H3. The predicted molar refractivity (Wildman–Crippen MR) is 97.6 cm³/mol. The van der Waals surface area contributed by atoms with Crippen LogP contribution in [0.25, 0.3) is 5.82 Å². The van der Waals surface area contributed by atoms with E-state index in [-0.39, 0.29) is 12.6 Å². The van der Waals surface area contributed by atoms with Crippen molar-refractivity contribution in [3.8, 4) is 11.8 Å². The summed E-state index contributed by atoms with van der Waals surface area (Å²) in [6.45, 7) is 1.95. The van der Waals surface area contributed by atoms with Gasteiger partial charge in [-0.2, -0.15) is 4.98 Å². The van der Waals surface area contributed by atoms with Crippen LogP contribution in [0.1, 0.15) is 17.8 Å². The lowest BCUT2D eigenvalue weighted by Crippen LogP contribution is -2.37. The largest absolute Gasteiger partial charge is 0.457 e. The lowest BCUT2D eigenvalue weighted by molar-refractivity contribution is 0.146. The average molecular weight is 403 g/mol. The summed E-state index contributed by atoms with van der Waals surface area (Å²) in [5, 5.41) is 1.44. The van der Waals surface area contributed by atoms with Crippen LogP contribution in [0.2, 0.25) is 0 Å². The van der Waals surface area contributed by atoms with Crippen molar-refractivity contribution in [1.29, 1.82) is 0 Å². The Bertz CT molecular complexity index is 1050. The number of anilines is 1. The molecule has 0 saturated carbocycles. The number of aromatic nitrogens is 4. The normalized spacial score (nSPS) is 13.6. The molecule has 0 amide bonds. The molecule has 3 aromatic rings. The number of aryl methyl sites for hydroxylation is 1. The molecule has 0 unspecified atom stereocenters. The SMILES string of the molecule is Cc1nccn1-c1ccnc(OCC2=CN(c3ccc(F)c(C(F)F)c3)NN2)n1. The van der Waals surface area contributed by atoms with Crippen molar-refractivity contribution < 1.29 is 17.9 Å². The maximum Gasteiger partial charge on any atom is 0.318 e. The van der Waals surface area contributed by atoms with E-state index < -0.39 is 17.8 Å². The smallest absolute Gasteiger partial charge is 0.318 e. The molecule has 1 aliphatic rings. The Morgan fingerprint density at radius 3 is 2.79 bits per heavy atom. The predicted octanol–water partition coefficient (Wildman–Crippen LogP) is 2.80. The molecule has 11 heteroatoms. The summed E-state index contributed by atoms with van der Waals surface area (Å²) in [5.74, 6) is 0.440. The third-order valence-corrected chi connectivity index (χ3v) is 4.16. The van der Waals surface area contributed by atoms with E-state index in [2.05, 4.69) is 25.9 Å². The number of ether oxygens (including phenoxy) is 1. The zero-order valence-electron chi connectivity index (χ0n) is 15.2. The zero-order valence-corrected chi connectivity index (χ0v) is 15.2. The first-order valence-electron chi connectivity index (χ1n) is 8.56. The van der Waals surface area contributed by atoms with Gasteiger partial charge in [-0.05, 0) is 25.1 Å². The van der Waals surface area contributed by atoms with Crippen molar-refractivity contribution in [2.24, 2.45) is 0 Å². The third kappa shape index (κ3) is 3.99. The van der Waals surface area contributed by atoms with Gasteiger partial charge in [-0.25, -0.2) is 23.1 Å². The van der Waals surface area contributed by atoms with Crippen molar-refractivity contribution in [2.45, 2.75) is 13.3 Å². The monoisotopic (exact) mass is 403 g/mol. The minimum atomic E-state index is -2.90. The molecular formula is C18H16F3N7O. The van der Waals surface area contributed by atoms with Crippen LogP contribution in [0, 0.1) is 12.7 Å². The van der Waals surface area contributed by atoms with Crippen LogP contribution in [-0.4, -0.2) is 26.1 Å². The molecular weight excluding hydrogens is 387 g/mol. The number of benzene rings is 1. The zero-order chi connectivity index (χ0) is 20.4. The van der Waals surface area contributed by atoms with Crippen LogP contribution in [-0.2, 0) is 0 Å². The summed E-state index contributed by atoms with van der Waals surface area (Å²) >= 11 is 0. The van der Waals surface area contributed by atoms with E-state index in [1.807, 2.05) is 6.92 Å². The Balaban J connectivity index is 1.44. The maximum absolute atomic E-state index is 13.5. The third-order valence-electron chi connectivity index (χ3n) is 4.16. The highest BCUT2D eigenvalue weighted by Gasteiger charge is 2.19. The summed E-state index contributed by atoms with van der Waals surface area (Å²) in [6.07, 6.45) is 3.72. The fraction of sp³-hybridized carbons (Fsp3) is 0.167. The summed E-state index contributed by atoms with van der Waals surface area (Å²) in [4.78, 5) is 12.6. The molecule has 0 spiro atoms. The summed E-state index contributed by atoms with van der Waals surface area (Å²) in [6, 6.07) is 5.36. The second-order valence-corrected chi connectivity index (χ2v) is 6.10. The minimum absolute atomic E-state index is 0.0960. The van der Waals surface area contributed by atoms with Gasteiger partial charge in [0, 0.05) is 30.9 Å². The molecule has 0 bridgehead atoms. The van der Waals surface area contributed by atoms with E-state index in [1.54, 1.807) is 35.4 Å². The number of hydrogen-bond donors (Lipinski definition) is 2. The Hall–Kier alpha value is -3.60. The molecule has 0 atom stereocenters. The first-order valence-corrected chi connectivity index (χ1v) is 8.56. The van der Waals surface area contributed by atoms with Gasteiger partial charge in [-0.3, -0.25) is 9.58 Å². The van der Waals surface area contributed by atoms with E-state index >= 15 is 0 Å². The van der Waals surface area contributed by atoms with E-state index in [4.69, 9.17) is 4.74 Å². The molecule has 0 radical (unpaired) electrons. The number of nitrogens with zero attached hydrogens (tertiary/aromatic N) is 5. The molecule has 8 nitrogen and oxygen atoms in total. The number of imidazole rings is 1. The number of nitrogens with one attached hydrogen (secondary N) is 2. The van der Waals surface area contributed by atoms with Gasteiger partial charge in [0.2, 0.25) is 0 Å². The number of hydrazine groups is 2. The van der Waals surface area contributed by atoms with E-state index in [0.29, 0.717) is 17.2 Å². The Morgan fingerprint density at radius 1 is 1.17 bits per heavy atom. The molecule has 150 valence electrons. The molecule has 1 aromatic carbocycles. The lowest BCUT2D eigenvalue weighted by Gasteiger charge is -2.16. The number of rotatable bonds is 6. The molecule has 0 fully saturated rings. The summed E-state index contributed by atoms with van der Waals surface area (Å²) in [5.41, 5.74) is 5.91. The molecule has 2 aromatic heterocycles. The molecule has 4 rings (SSSR count). The van der Waals surface area contributed by atoms with Gasteiger partial charge in [0.1, 0.15) is 24.1 Å². The van der Waals surface area contributed by atoms with Crippen LogP contribution in [0.5, 0.6) is 6.01 Å². The van der Waals surface area contributed by atoms with E-state index in [9.17, 15) is 13.2 Å². The van der Waals surface area contributed by atoms with E-state index in [1.165, 1.54) is 11.1 Å². The van der Waals surface area contributed by atoms with Crippen molar-refractivity contribution in [2.75, 3.05) is 11.6 Å². The molecule has 3 heterocycles. The number of hydrogen-bond acceptors (Lipinski definition) is 7. The quantitative estimate of drug-likeness (QED) is 0.655. The van der Waals surface area contributed by atoms with Crippen LogP contribution >= 0.6 is 0 Å². The highest BCUT2D eigenvalue weighted by molar-refractivity contribution is 5.52. The molecule has 29 heavy (non-hydrogen) atoms. The van der Waals surface area contributed by atoms with Crippen LogP contribution < -0.4 is 20.7 Å². The van der Waals surface area contributed by atoms with Gasteiger partial charge in [-0.15, -0.1) is 5.53 Å². The van der Waals surface area contributed by atoms with Gasteiger partial charge < -0.3 is 10.2 Å². The van der Waals surface area contributed by atoms with E-state index in [0.717, 1.165) is 18.0 Å². The first kappa shape index (κ1) is 18.7. The summed E-state index contributed by atoms with van der Waals surface area (Å²) in [7, 11) is 0. The molecule has 0 saturated heterocycles. The van der Waals surface area contributed by atoms with Crippen molar-refractivity contribution in [3.05, 3.63) is 72.0 Å². The second-order valence-electron chi connectivity index (χ2n) is 6.10. The van der Waals surface area contributed by atoms with Gasteiger partial charge in [0.15, 0.2) is 0 Å². The molecule has 1 aliphatic heterocycles. The Labute approximate surface area is 163 Å². The van der Waals surface area contributed by atoms with Gasteiger partial charge in [0.25, 0.3) is 6.43 Å². The first-order chi connectivity index (χ1) is 14.0. The Morgan fingerprint density at radius 2 is 2.03 bits per heavy atom. The fourth-order valence-electron chi connectivity index (χ4n) is 2.71. The van der Waals surface area contributed by atoms with Gasteiger partial charge in [0.05, 0.1) is 16.9 Å². The van der Waals surface area contributed by atoms with Crippen molar-refractivity contribution in [3.63, 3.8) is 0 Å². The Kier molecular flexibility index (Phi) is 5.04. The van der Waals surface area contributed by atoms with Crippen LogP contribution in [0.4, 0.5) is 18.9 Å². The summed E-state index contributed by atoms with van der Waals surface area (Å²) < 4.78 is 46.6. The minimum Gasteiger partial charge on any atom is -0.457 e. The average Bonchev–Trinajstić information content (AvgIpc) is 3.36. The highest BCUT2D eigenvalue weighted by Crippen LogP contribution is 2.27. The van der Waals surface area contributed by atoms with Gasteiger partial charge in [-0.1, -0.05) is 0 Å². The van der Waals surface area contributed by atoms with Crippen molar-refractivity contribution >= 4 is 5.69 Å². The fourth-order valence-corrected chi connectivity index (χ4v) is 2.71. The van der Waals surface area contributed by atoms with Crippen molar-refractivity contribution in [1.82, 2.24) is 30.5 Å². The molecule has 0 aliphatic carbocycles. The van der Waals surface area contributed by atoms with Crippen LogP contribution in [0.15, 0.2) is 54.8 Å². The van der Waals surface area contributed by atoms with Crippen LogP contribution in [0.3, 0.4) is 0 Å². The molecule has 2 N–H and O–H groups in total. The lowest BCUT2D eigenvalue weighted by atomic mass is 10.2. The topological polar surface area (TPSA) is 80.1 Å². The second kappa shape index (κ2) is 7.80. The van der Waals surface area contributed by atoms with Gasteiger partial charge >= 0.3 is 6.01 Å². The number of halogens is 3. The maximum atomic E-state index is 13.5.